The van der Waals surface area contributed by atoms with Gasteiger partial charge in [0.2, 0.25) is 0 Å². The van der Waals surface area contributed by atoms with Crippen LogP contribution < -0.4 is 0 Å². The van der Waals surface area contributed by atoms with Gasteiger partial charge in [-0.25, -0.2) is 14.4 Å². The summed E-state index contributed by atoms with van der Waals surface area (Å²) in [5, 5.41) is 20.2. The molecule has 0 fully saturated rings. The van der Waals surface area contributed by atoms with Gasteiger partial charge >= 0.3 is 37.5 Å². The van der Waals surface area contributed by atoms with E-state index in [9.17, 15) is 13.2 Å². The molecule has 74 valence electrons. The van der Waals surface area contributed by atoms with Crippen LogP contribution in [-0.4, -0.2) is 52.8 Å². The number of rotatable bonds is 0. The molecule has 0 amide bonds. The van der Waals surface area contributed by atoms with Crippen molar-refractivity contribution in [2.75, 3.05) is 0 Å². The van der Waals surface area contributed by atoms with E-state index in [0.717, 1.165) is 0 Å². The molecule has 3 N–H and O–H groups in total. The molecule has 0 aliphatic carbocycles. The first kappa shape index (κ1) is 22.6. The molecule has 0 aromatic heterocycles. The summed E-state index contributed by atoms with van der Waals surface area (Å²) in [7, 11) is 0. The molecule has 0 heterocycles. The second-order valence-corrected chi connectivity index (χ2v) is 0.759. The minimum atomic E-state index is -2.33. The molecular formula is C3H4F3LiO6. The molecule has 0 aliphatic heterocycles. The summed E-state index contributed by atoms with van der Waals surface area (Å²) in [4.78, 5) is 25.0. The van der Waals surface area contributed by atoms with E-state index in [1.54, 1.807) is 0 Å². The Morgan fingerprint density at radius 3 is 0.692 bits per heavy atom. The van der Waals surface area contributed by atoms with Crippen LogP contribution in [-0.2, 0) is 0 Å². The van der Waals surface area contributed by atoms with Gasteiger partial charge in [-0.2, -0.15) is 0 Å². The molecule has 0 unspecified atom stereocenters. The Morgan fingerprint density at radius 1 is 0.692 bits per heavy atom. The van der Waals surface area contributed by atoms with Crippen molar-refractivity contribution in [2.24, 2.45) is 0 Å². The predicted octanol–water partition coefficient (Wildman–Crippen LogP) is 1.25. The van der Waals surface area contributed by atoms with Crippen molar-refractivity contribution in [3.05, 3.63) is 0 Å². The Hall–Kier alpha value is -1.20. The molecule has 0 saturated carbocycles. The van der Waals surface area contributed by atoms with Crippen LogP contribution in [0.4, 0.5) is 27.6 Å². The third-order valence-electron chi connectivity index (χ3n) is 0. The van der Waals surface area contributed by atoms with Gasteiger partial charge in [0, 0.05) is 0 Å². The Kier molecular flexibility index (Phi) is 29.7. The molecule has 10 heteroatoms. The van der Waals surface area contributed by atoms with Gasteiger partial charge in [0.05, 0.1) is 0 Å². The van der Waals surface area contributed by atoms with Crippen LogP contribution in [0.3, 0.4) is 0 Å². The Labute approximate surface area is 81.1 Å². The van der Waals surface area contributed by atoms with Crippen molar-refractivity contribution in [3.8, 4) is 0 Å². The Balaban J connectivity index is -0.0000000450. The quantitative estimate of drug-likeness (QED) is 0.400. The van der Waals surface area contributed by atoms with Crippen LogP contribution in [0.2, 0.25) is 0 Å². The molecule has 0 spiro atoms. The molecule has 6 nitrogen and oxygen atoms in total. The van der Waals surface area contributed by atoms with Crippen molar-refractivity contribution < 1.29 is 42.9 Å². The molecule has 0 bridgehead atoms. The van der Waals surface area contributed by atoms with E-state index in [1.165, 1.54) is 0 Å². The van der Waals surface area contributed by atoms with E-state index in [4.69, 9.17) is 29.7 Å². The molecule has 0 saturated heterocycles. The van der Waals surface area contributed by atoms with Gasteiger partial charge in [-0.15, -0.1) is 13.2 Å². The van der Waals surface area contributed by atoms with Gasteiger partial charge in [-0.05, 0) is 0 Å². The van der Waals surface area contributed by atoms with Crippen LogP contribution in [0.15, 0.2) is 0 Å². The fraction of sp³-hybridized carbons (Fsp3) is 0. The summed E-state index contributed by atoms with van der Waals surface area (Å²) >= 11 is 0. The zero-order valence-corrected chi connectivity index (χ0v) is 5.20. The molecule has 0 atom stereocenters. The molecule has 0 aliphatic rings. The Morgan fingerprint density at radius 2 is 0.692 bits per heavy atom. The molecule has 0 aromatic rings. The Bertz CT molecular complexity index is 121. The van der Waals surface area contributed by atoms with Crippen LogP contribution in [0.25, 0.3) is 0 Å². The fourth-order valence-corrected chi connectivity index (χ4v) is 0. The van der Waals surface area contributed by atoms with Crippen LogP contribution >= 0.6 is 0 Å². The van der Waals surface area contributed by atoms with Gasteiger partial charge < -0.3 is 15.3 Å². The first-order chi connectivity index (χ1) is 5.20. The van der Waals surface area contributed by atoms with Gasteiger partial charge in [0.25, 0.3) is 0 Å². The van der Waals surface area contributed by atoms with E-state index in [0.29, 0.717) is 0 Å². The number of hydrogen-bond acceptors (Lipinski definition) is 3. The zero-order valence-electron chi connectivity index (χ0n) is 5.20. The van der Waals surface area contributed by atoms with E-state index in [2.05, 4.69) is 0 Å². The van der Waals surface area contributed by atoms with Crippen molar-refractivity contribution in [2.45, 2.75) is 0 Å². The van der Waals surface area contributed by atoms with Crippen molar-refractivity contribution >= 4 is 37.5 Å². The first-order valence-electron chi connectivity index (χ1n) is 1.85. The van der Waals surface area contributed by atoms with Gasteiger partial charge in [-0.1, -0.05) is 0 Å². The third-order valence-corrected chi connectivity index (χ3v) is 0. The van der Waals surface area contributed by atoms with Gasteiger partial charge in [0.15, 0.2) is 0 Å². The van der Waals surface area contributed by atoms with Crippen molar-refractivity contribution in [3.63, 3.8) is 0 Å². The third kappa shape index (κ3) is 578. The number of hydrogen-bond donors (Lipinski definition) is 3. The first-order valence-corrected chi connectivity index (χ1v) is 1.85. The maximum absolute atomic E-state index is 9.92. The van der Waals surface area contributed by atoms with Crippen molar-refractivity contribution in [1.82, 2.24) is 0 Å². The number of carboxylic acid groups (broad SMARTS) is 3. The summed E-state index contributed by atoms with van der Waals surface area (Å²) in [6.45, 7) is 0. The van der Waals surface area contributed by atoms with Gasteiger partial charge in [0.1, 0.15) is 0 Å². The van der Waals surface area contributed by atoms with Crippen LogP contribution in [0.1, 0.15) is 0 Å². The molecule has 0 radical (unpaired) electrons. The number of halogens is 3. The summed E-state index contributed by atoms with van der Waals surface area (Å²) in [6, 6.07) is 0. The van der Waals surface area contributed by atoms with Gasteiger partial charge in [-0.3, -0.25) is 0 Å². The molecule has 13 heavy (non-hydrogen) atoms. The molecule has 0 rings (SSSR count). The van der Waals surface area contributed by atoms with Crippen LogP contribution in [0.5, 0.6) is 0 Å². The monoisotopic (exact) mass is 200 g/mol. The second-order valence-electron chi connectivity index (χ2n) is 0.759. The van der Waals surface area contributed by atoms with Crippen LogP contribution in [0, 0.1) is 0 Å². The standard InChI is InChI=1S/3CHFO2.Li.H/c3*2-1(3)4;;/h3*(H,3,4);;. The van der Waals surface area contributed by atoms with Crippen molar-refractivity contribution in [1.29, 1.82) is 0 Å². The minimum absolute atomic E-state index is 0. The predicted molar refractivity (Wildman–Crippen MR) is 34.5 cm³/mol. The fourth-order valence-electron chi connectivity index (χ4n) is 0. The maximum atomic E-state index is 9.92. The SMILES string of the molecule is O=C(O)F.O=C(O)F.O=C(O)F.[LiH]. The topological polar surface area (TPSA) is 112 Å². The normalized spacial score (nSPS) is 5.77. The van der Waals surface area contributed by atoms with E-state index < -0.39 is 18.7 Å². The average molecular weight is 200 g/mol. The second kappa shape index (κ2) is 17.0. The summed E-state index contributed by atoms with van der Waals surface area (Å²) < 4.78 is 29.8. The summed E-state index contributed by atoms with van der Waals surface area (Å²) in [5.41, 5.74) is 0. The van der Waals surface area contributed by atoms with E-state index >= 15 is 0 Å². The molecule has 0 aromatic carbocycles. The summed E-state index contributed by atoms with van der Waals surface area (Å²) in [6.07, 6.45) is -7.00. The zero-order chi connectivity index (χ0) is 10.7. The van der Waals surface area contributed by atoms with E-state index in [1.807, 2.05) is 0 Å². The molecular weight excluding hydrogens is 196 g/mol. The average Bonchev–Trinajstić information content (AvgIpc) is 1.54. The van der Waals surface area contributed by atoms with E-state index in [-0.39, 0.29) is 18.9 Å². The number of carbonyl (C=O) groups is 3. The summed E-state index contributed by atoms with van der Waals surface area (Å²) in [5.74, 6) is 0.